The summed E-state index contributed by atoms with van der Waals surface area (Å²) < 4.78 is 39.7. The number of aromatic nitrogens is 3. The smallest absolute Gasteiger partial charge is 0.329 e. The average molecular weight is 338 g/mol. The quantitative estimate of drug-likeness (QED) is 0.842. The Kier molecular flexibility index (Phi) is 4.29. The van der Waals surface area contributed by atoms with E-state index in [1.165, 1.54) is 12.1 Å². The van der Waals surface area contributed by atoms with Gasteiger partial charge in [-0.15, -0.1) is 0 Å². The molecule has 0 radical (unpaired) electrons. The Balaban J connectivity index is 1.76. The molecule has 8 heteroatoms. The highest BCUT2D eigenvalue weighted by Crippen LogP contribution is 2.31. The first-order valence-corrected chi connectivity index (χ1v) is 7.64. The molecular weight excluding hydrogens is 321 g/mol. The molecule has 1 saturated carbocycles. The minimum absolute atomic E-state index is 0.155. The van der Waals surface area contributed by atoms with Gasteiger partial charge >= 0.3 is 6.18 Å². The third kappa shape index (κ3) is 4.12. The van der Waals surface area contributed by atoms with Crippen molar-refractivity contribution in [3.8, 4) is 11.4 Å². The van der Waals surface area contributed by atoms with Gasteiger partial charge in [0.15, 0.2) is 5.82 Å². The molecule has 0 saturated heterocycles. The van der Waals surface area contributed by atoms with E-state index in [9.17, 15) is 18.0 Å². The lowest BCUT2D eigenvalue weighted by atomic mass is 10.1. The fourth-order valence-electron chi connectivity index (χ4n) is 2.46. The van der Waals surface area contributed by atoms with Gasteiger partial charge in [-0.1, -0.05) is 12.1 Å². The van der Waals surface area contributed by atoms with Gasteiger partial charge in [0.2, 0.25) is 0 Å². The molecule has 0 unspecified atom stereocenters. The minimum atomic E-state index is -4.40. The summed E-state index contributed by atoms with van der Waals surface area (Å²) in [5.41, 5.74) is 0.941. The Morgan fingerprint density at radius 2 is 1.96 bits per heavy atom. The fraction of sp³-hybridized carbons (Fsp3) is 0.438. The van der Waals surface area contributed by atoms with Crippen molar-refractivity contribution in [2.24, 2.45) is 13.0 Å². The van der Waals surface area contributed by atoms with Crippen LogP contribution in [0.3, 0.4) is 0 Å². The SMILES string of the molecule is Cn1cnc(-c2ccc(C(=O)N(CC3CC3)CC(F)(F)F)cc2)n1. The van der Waals surface area contributed by atoms with Crippen LogP contribution in [0.15, 0.2) is 30.6 Å². The second kappa shape index (κ2) is 6.26. The first kappa shape index (κ1) is 16.5. The van der Waals surface area contributed by atoms with E-state index in [1.807, 2.05) is 0 Å². The number of halogens is 3. The highest BCUT2D eigenvalue weighted by Gasteiger charge is 2.36. The number of hydrogen-bond donors (Lipinski definition) is 0. The van der Waals surface area contributed by atoms with Crippen LogP contribution in [0.5, 0.6) is 0 Å². The van der Waals surface area contributed by atoms with E-state index in [-0.39, 0.29) is 18.0 Å². The molecule has 0 N–H and O–H groups in total. The number of alkyl halides is 3. The van der Waals surface area contributed by atoms with Crippen LogP contribution in [0.4, 0.5) is 13.2 Å². The zero-order valence-electron chi connectivity index (χ0n) is 13.1. The van der Waals surface area contributed by atoms with Crippen LogP contribution in [0, 0.1) is 5.92 Å². The Bertz CT molecular complexity index is 720. The van der Waals surface area contributed by atoms with E-state index >= 15 is 0 Å². The van der Waals surface area contributed by atoms with Crippen molar-refractivity contribution in [2.45, 2.75) is 19.0 Å². The zero-order valence-corrected chi connectivity index (χ0v) is 13.1. The molecule has 1 aromatic heterocycles. The predicted octanol–water partition coefficient (Wildman–Crippen LogP) is 2.90. The van der Waals surface area contributed by atoms with Crippen LogP contribution in [-0.4, -0.2) is 44.8 Å². The highest BCUT2D eigenvalue weighted by molar-refractivity contribution is 5.94. The van der Waals surface area contributed by atoms with Crippen molar-refractivity contribution < 1.29 is 18.0 Å². The molecule has 0 atom stereocenters. The second-order valence-electron chi connectivity index (χ2n) is 6.06. The van der Waals surface area contributed by atoms with Crippen LogP contribution in [0.1, 0.15) is 23.2 Å². The predicted molar refractivity (Wildman–Crippen MR) is 81.1 cm³/mol. The largest absolute Gasteiger partial charge is 0.406 e. The lowest BCUT2D eigenvalue weighted by molar-refractivity contribution is -0.141. The lowest BCUT2D eigenvalue weighted by Gasteiger charge is -2.24. The molecule has 0 bridgehead atoms. The number of amides is 1. The number of nitrogens with zero attached hydrogens (tertiary/aromatic N) is 4. The number of rotatable bonds is 5. The Morgan fingerprint density at radius 1 is 1.29 bits per heavy atom. The van der Waals surface area contributed by atoms with Crippen molar-refractivity contribution >= 4 is 5.91 Å². The van der Waals surface area contributed by atoms with Crippen molar-refractivity contribution in [1.29, 1.82) is 0 Å². The van der Waals surface area contributed by atoms with Gasteiger partial charge < -0.3 is 4.90 Å². The highest BCUT2D eigenvalue weighted by atomic mass is 19.4. The summed E-state index contributed by atoms with van der Waals surface area (Å²) in [6.07, 6.45) is -1.09. The molecular formula is C16H17F3N4O. The number of carbonyl (C=O) groups is 1. The molecule has 1 amide bonds. The normalized spacial score (nSPS) is 14.7. The first-order valence-electron chi connectivity index (χ1n) is 7.64. The van der Waals surface area contributed by atoms with Gasteiger partial charge in [-0.05, 0) is 30.9 Å². The maximum Gasteiger partial charge on any atom is 0.406 e. The molecule has 1 aliphatic rings. The lowest BCUT2D eigenvalue weighted by Crippen LogP contribution is -2.40. The van der Waals surface area contributed by atoms with Gasteiger partial charge in [-0.3, -0.25) is 9.48 Å². The number of carbonyl (C=O) groups excluding carboxylic acids is 1. The Labute approximate surface area is 137 Å². The summed E-state index contributed by atoms with van der Waals surface area (Å²) in [6.45, 7) is -1.06. The summed E-state index contributed by atoms with van der Waals surface area (Å²) in [4.78, 5) is 17.4. The third-order valence-electron chi connectivity index (χ3n) is 3.82. The van der Waals surface area contributed by atoms with E-state index < -0.39 is 18.6 Å². The topological polar surface area (TPSA) is 51.0 Å². The molecule has 0 spiro atoms. The van der Waals surface area contributed by atoms with Gasteiger partial charge in [0.05, 0.1) is 0 Å². The van der Waals surface area contributed by atoms with Crippen LogP contribution in [0.25, 0.3) is 11.4 Å². The van der Waals surface area contributed by atoms with Crippen LogP contribution in [0.2, 0.25) is 0 Å². The summed E-state index contributed by atoms with van der Waals surface area (Å²) >= 11 is 0. The molecule has 128 valence electrons. The number of benzene rings is 1. The van der Waals surface area contributed by atoms with Gasteiger partial charge in [-0.25, -0.2) is 4.98 Å². The fourth-order valence-corrected chi connectivity index (χ4v) is 2.46. The standard InChI is InChI=1S/C16H17F3N4O/c1-22-10-20-14(21-22)12-4-6-13(7-5-12)15(24)23(8-11-2-3-11)9-16(17,18)19/h4-7,10-11H,2-3,8-9H2,1H3. The number of aryl methyl sites for hydroxylation is 1. The monoisotopic (exact) mass is 338 g/mol. The molecule has 0 aliphatic heterocycles. The summed E-state index contributed by atoms with van der Waals surface area (Å²) in [6, 6.07) is 6.32. The Hall–Kier alpha value is -2.38. The van der Waals surface area contributed by atoms with E-state index in [1.54, 1.807) is 30.2 Å². The molecule has 2 aromatic rings. The van der Waals surface area contributed by atoms with Gasteiger partial charge in [0.1, 0.15) is 12.9 Å². The molecule has 5 nitrogen and oxygen atoms in total. The average Bonchev–Trinajstić information content (AvgIpc) is 3.23. The maximum atomic E-state index is 12.7. The summed E-state index contributed by atoms with van der Waals surface area (Å²) in [5, 5.41) is 4.15. The van der Waals surface area contributed by atoms with Crippen molar-refractivity contribution in [3.05, 3.63) is 36.2 Å². The van der Waals surface area contributed by atoms with Crippen LogP contribution < -0.4 is 0 Å². The molecule has 1 aliphatic carbocycles. The van der Waals surface area contributed by atoms with Crippen molar-refractivity contribution in [1.82, 2.24) is 19.7 Å². The summed E-state index contributed by atoms with van der Waals surface area (Å²) in [5.74, 6) is 0.0923. The second-order valence-corrected chi connectivity index (χ2v) is 6.06. The molecule has 1 heterocycles. The van der Waals surface area contributed by atoms with Crippen molar-refractivity contribution in [3.63, 3.8) is 0 Å². The maximum absolute atomic E-state index is 12.7. The first-order chi connectivity index (χ1) is 11.3. The molecule has 24 heavy (non-hydrogen) atoms. The zero-order chi connectivity index (χ0) is 17.3. The van der Waals surface area contributed by atoms with Gasteiger partial charge in [0, 0.05) is 24.7 Å². The third-order valence-corrected chi connectivity index (χ3v) is 3.82. The summed E-state index contributed by atoms with van der Waals surface area (Å²) in [7, 11) is 1.74. The molecule has 1 aromatic carbocycles. The number of hydrogen-bond acceptors (Lipinski definition) is 3. The van der Waals surface area contributed by atoms with Crippen molar-refractivity contribution in [2.75, 3.05) is 13.1 Å². The van der Waals surface area contributed by atoms with E-state index in [0.29, 0.717) is 11.4 Å². The van der Waals surface area contributed by atoms with Crippen LogP contribution in [-0.2, 0) is 7.05 Å². The van der Waals surface area contributed by atoms with E-state index in [4.69, 9.17) is 0 Å². The van der Waals surface area contributed by atoms with Crippen LogP contribution >= 0.6 is 0 Å². The van der Waals surface area contributed by atoms with Gasteiger partial charge in [-0.2, -0.15) is 18.3 Å². The Morgan fingerprint density at radius 3 is 2.46 bits per heavy atom. The van der Waals surface area contributed by atoms with E-state index in [0.717, 1.165) is 17.7 Å². The van der Waals surface area contributed by atoms with E-state index in [2.05, 4.69) is 10.1 Å². The molecule has 3 rings (SSSR count). The van der Waals surface area contributed by atoms with Gasteiger partial charge in [0.25, 0.3) is 5.91 Å². The molecule has 1 fully saturated rings. The minimum Gasteiger partial charge on any atom is -0.329 e.